The molecule has 1 fully saturated rings. The first-order chi connectivity index (χ1) is 9.95. The van der Waals surface area contributed by atoms with Crippen LogP contribution < -0.4 is 16.0 Å². The number of nitrogens with one attached hydrogen (secondary N) is 3. The van der Waals surface area contributed by atoms with E-state index in [4.69, 9.17) is 0 Å². The molecule has 0 spiro atoms. The van der Waals surface area contributed by atoms with E-state index in [1.807, 2.05) is 0 Å². The number of anilines is 1. The van der Waals surface area contributed by atoms with Gasteiger partial charge in [0.2, 0.25) is 0 Å². The Hall–Kier alpha value is -1.76. The number of rotatable bonds is 3. The average Bonchev–Trinajstić information content (AvgIpc) is 2.46. The smallest absolute Gasteiger partial charge is 0.338 e. The van der Waals surface area contributed by atoms with Gasteiger partial charge < -0.3 is 16.0 Å². The van der Waals surface area contributed by atoms with E-state index in [2.05, 4.69) is 16.0 Å². The SMILES string of the molecule is O=C(NCC1CCNCC1)Nc1ccc(C(F)(F)F)cc1. The first-order valence-corrected chi connectivity index (χ1v) is 6.88. The zero-order chi connectivity index (χ0) is 15.3. The van der Waals surface area contributed by atoms with Gasteiger partial charge in [0.05, 0.1) is 5.56 Å². The normalized spacial score (nSPS) is 16.5. The molecule has 0 saturated carbocycles. The molecule has 4 nitrogen and oxygen atoms in total. The zero-order valence-corrected chi connectivity index (χ0v) is 11.5. The molecule has 7 heteroatoms. The van der Waals surface area contributed by atoms with Crippen molar-refractivity contribution in [2.24, 2.45) is 5.92 Å². The molecule has 1 aromatic rings. The van der Waals surface area contributed by atoms with Gasteiger partial charge in [0.25, 0.3) is 0 Å². The first-order valence-electron chi connectivity index (χ1n) is 6.88. The van der Waals surface area contributed by atoms with E-state index >= 15 is 0 Å². The highest BCUT2D eigenvalue weighted by Gasteiger charge is 2.29. The molecule has 0 atom stereocenters. The lowest BCUT2D eigenvalue weighted by molar-refractivity contribution is -0.137. The maximum Gasteiger partial charge on any atom is 0.416 e. The standard InChI is InChI=1S/C14H18F3N3O/c15-14(16,17)11-1-3-12(4-2-11)20-13(21)19-9-10-5-7-18-8-6-10/h1-4,10,18H,5-9H2,(H2,19,20,21). The monoisotopic (exact) mass is 301 g/mol. The molecule has 1 aromatic carbocycles. The molecule has 0 aromatic heterocycles. The van der Waals surface area contributed by atoms with Crippen LogP contribution in [0.2, 0.25) is 0 Å². The summed E-state index contributed by atoms with van der Waals surface area (Å²) in [5, 5.41) is 8.51. The molecule has 0 aliphatic carbocycles. The summed E-state index contributed by atoms with van der Waals surface area (Å²) in [4.78, 5) is 11.7. The number of hydrogen-bond donors (Lipinski definition) is 3. The highest BCUT2D eigenvalue weighted by atomic mass is 19.4. The second-order valence-electron chi connectivity index (χ2n) is 5.10. The van der Waals surface area contributed by atoms with Crippen LogP contribution in [0.3, 0.4) is 0 Å². The highest BCUT2D eigenvalue weighted by Crippen LogP contribution is 2.29. The maximum atomic E-state index is 12.4. The molecular weight excluding hydrogens is 283 g/mol. The summed E-state index contributed by atoms with van der Waals surface area (Å²) in [6, 6.07) is 3.98. The van der Waals surface area contributed by atoms with Crippen LogP contribution >= 0.6 is 0 Å². The molecule has 0 bridgehead atoms. The molecule has 3 N–H and O–H groups in total. The second kappa shape index (κ2) is 6.80. The zero-order valence-electron chi connectivity index (χ0n) is 11.5. The Morgan fingerprint density at radius 3 is 2.38 bits per heavy atom. The van der Waals surface area contributed by atoms with Gasteiger partial charge in [0.15, 0.2) is 0 Å². The number of hydrogen-bond acceptors (Lipinski definition) is 2. The number of piperidine rings is 1. The van der Waals surface area contributed by atoms with Crippen LogP contribution in [0.25, 0.3) is 0 Å². The van der Waals surface area contributed by atoms with Crippen LogP contribution in [0.1, 0.15) is 18.4 Å². The number of benzene rings is 1. The Balaban J connectivity index is 1.79. The second-order valence-corrected chi connectivity index (χ2v) is 5.10. The minimum absolute atomic E-state index is 0.339. The number of halogens is 3. The first kappa shape index (κ1) is 15.6. The number of urea groups is 1. The van der Waals surface area contributed by atoms with E-state index in [1.54, 1.807) is 0 Å². The van der Waals surface area contributed by atoms with Gasteiger partial charge in [-0.15, -0.1) is 0 Å². The van der Waals surface area contributed by atoms with E-state index < -0.39 is 17.8 Å². The van der Waals surface area contributed by atoms with Gasteiger partial charge in [-0.05, 0) is 56.1 Å². The number of carbonyl (C=O) groups is 1. The molecule has 116 valence electrons. The van der Waals surface area contributed by atoms with Crippen molar-refractivity contribution >= 4 is 11.7 Å². The van der Waals surface area contributed by atoms with Gasteiger partial charge >= 0.3 is 12.2 Å². The molecular formula is C14H18F3N3O. The fraction of sp³-hybridized carbons (Fsp3) is 0.500. The van der Waals surface area contributed by atoms with Crippen LogP contribution in [0.5, 0.6) is 0 Å². The van der Waals surface area contributed by atoms with E-state index in [-0.39, 0.29) is 0 Å². The molecule has 1 aliphatic heterocycles. The molecule has 0 radical (unpaired) electrons. The third kappa shape index (κ3) is 4.93. The lowest BCUT2D eigenvalue weighted by Crippen LogP contribution is -2.37. The van der Waals surface area contributed by atoms with Gasteiger partial charge in [-0.3, -0.25) is 0 Å². The largest absolute Gasteiger partial charge is 0.416 e. The Morgan fingerprint density at radius 1 is 1.19 bits per heavy atom. The Labute approximate surface area is 121 Å². The van der Waals surface area contributed by atoms with Crippen molar-refractivity contribution in [2.75, 3.05) is 25.0 Å². The average molecular weight is 301 g/mol. The summed E-state index contributed by atoms with van der Waals surface area (Å²) < 4.78 is 37.2. The number of amides is 2. The van der Waals surface area contributed by atoms with E-state index in [0.29, 0.717) is 18.2 Å². The van der Waals surface area contributed by atoms with Crippen LogP contribution in [-0.4, -0.2) is 25.7 Å². The summed E-state index contributed by atoms with van der Waals surface area (Å²) >= 11 is 0. The lowest BCUT2D eigenvalue weighted by atomic mass is 9.98. The van der Waals surface area contributed by atoms with E-state index in [9.17, 15) is 18.0 Å². The Bertz CT molecular complexity index is 467. The van der Waals surface area contributed by atoms with Gasteiger partial charge in [-0.1, -0.05) is 0 Å². The third-order valence-electron chi connectivity index (χ3n) is 3.48. The lowest BCUT2D eigenvalue weighted by Gasteiger charge is -2.22. The summed E-state index contributed by atoms with van der Waals surface area (Å²) in [6.07, 6.45) is -2.34. The molecule has 0 unspecified atom stereocenters. The van der Waals surface area contributed by atoms with Gasteiger partial charge in [-0.25, -0.2) is 4.79 Å². The summed E-state index contributed by atoms with van der Waals surface area (Å²) in [6.45, 7) is 2.48. The van der Waals surface area contributed by atoms with Gasteiger partial charge in [0, 0.05) is 12.2 Å². The topological polar surface area (TPSA) is 53.2 Å². The van der Waals surface area contributed by atoms with Crippen LogP contribution in [0.4, 0.5) is 23.7 Å². The summed E-state index contributed by atoms with van der Waals surface area (Å²) in [5.74, 6) is 0.449. The van der Waals surface area contributed by atoms with Crippen LogP contribution in [-0.2, 0) is 6.18 Å². The molecule has 1 saturated heterocycles. The van der Waals surface area contributed by atoms with Crippen molar-refractivity contribution in [1.82, 2.24) is 10.6 Å². The van der Waals surface area contributed by atoms with Crippen molar-refractivity contribution in [1.29, 1.82) is 0 Å². The van der Waals surface area contributed by atoms with Crippen molar-refractivity contribution in [3.05, 3.63) is 29.8 Å². The predicted molar refractivity (Wildman–Crippen MR) is 74.1 cm³/mol. The van der Waals surface area contributed by atoms with Crippen LogP contribution in [0.15, 0.2) is 24.3 Å². The number of alkyl halides is 3. The molecule has 21 heavy (non-hydrogen) atoms. The minimum Gasteiger partial charge on any atom is -0.338 e. The fourth-order valence-corrected chi connectivity index (χ4v) is 2.24. The molecule has 2 rings (SSSR count). The van der Waals surface area contributed by atoms with E-state index in [0.717, 1.165) is 38.1 Å². The predicted octanol–water partition coefficient (Wildman–Crippen LogP) is 2.83. The summed E-state index contributed by atoms with van der Waals surface area (Å²) in [7, 11) is 0. The van der Waals surface area contributed by atoms with Gasteiger partial charge in [0.1, 0.15) is 0 Å². The van der Waals surface area contributed by atoms with Crippen LogP contribution in [0, 0.1) is 5.92 Å². The highest BCUT2D eigenvalue weighted by molar-refractivity contribution is 5.89. The maximum absolute atomic E-state index is 12.4. The fourth-order valence-electron chi connectivity index (χ4n) is 2.24. The van der Waals surface area contributed by atoms with Crippen molar-refractivity contribution in [2.45, 2.75) is 19.0 Å². The van der Waals surface area contributed by atoms with Gasteiger partial charge in [-0.2, -0.15) is 13.2 Å². The molecule has 1 aliphatic rings. The number of carbonyl (C=O) groups excluding carboxylic acids is 1. The quantitative estimate of drug-likeness (QED) is 0.804. The summed E-state index contributed by atoms with van der Waals surface area (Å²) in [5.41, 5.74) is -0.394. The molecule has 2 amide bonds. The Morgan fingerprint density at radius 2 is 1.81 bits per heavy atom. The van der Waals surface area contributed by atoms with Crippen molar-refractivity contribution in [3.8, 4) is 0 Å². The third-order valence-corrected chi connectivity index (χ3v) is 3.48. The minimum atomic E-state index is -4.37. The van der Waals surface area contributed by atoms with Crippen molar-refractivity contribution < 1.29 is 18.0 Å². The van der Waals surface area contributed by atoms with Crippen molar-refractivity contribution in [3.63, 3.8) is 0 Å². The Kier molecular flexibility index (Phi) is 5.06. The molecule has 1 heterocycles. The van der Waals surface area contributed by atoms with E-state index in [1.165, 1.54) is 12.1 Å².